The summed E-state index contributed by atoms with van der Waals surface area (Å²) in [5, 5.41) is 13.0. The van der Waals surface area contributed by atoms with Gasteiger partial charge in [-0.3, -0.25) is 14.9 Å². The minimum Gasteiger partial charge on any atom is -0.326 e. The summed E-state index contributed by atoms with van der Waals surface area (Å²) in [5.74, 6) is -0.783. The number of anilines is 1. The molecular formula is C15H14N2O5S. The highest BCUT2D eigenvalue weighted by Gasteiger charge is 2.16. The van der Waals surface area contributed by atoms with Crippen molar-refractivity contribution in [3.05, 3.63) is 64.7 Å². The molecule has 0 fully saturated rings. The Morgan fingerprint density at radius 2 is 1.65 bits per heavy atom. The van der Waals surface area contributed by atoms with E-state index in [1.165, 1.54) is 36.4 Å². The minimum absolute atomic E-state index is 0.0883. The van der Waals surface area contributed by atoms with Gasteiger partial charge in [-0.2, -0.15) is 0 Å². The van der Waals surface area contributed by atoms with Crippen molar-refractivity contribution in [1.82, 2.24) is 0 Å². The fraction of sp³-hybridized carbons (Fsp3) is 0.133. The molecule has 0 heterocycles. The highest BCUT2D eigenvalue weighted by Crippen LogP contribution is 2.16. The van der Waals surface area contributed by atoms with E-state index in [0.29, 0.717) is 5.69 Å². The van der Waals surface area contributed by atoms with Crippen molar-refractivity contribution in [3.63, 3.8) is 0 Å². The van der Waals surface area contributed by atoms with E-state index < -0.39 is 20.7 Å². The minimum atomic E-state index is -3.52. The van der Waals surface area contributed by atoms with Crippen molar-refractivity contribution in [2.24, 2.45) is 0 Å². The third kappa shape index (κ3) is 4.62. The van der Waals surface area contributed by atoms with Crippen LogP contribution in [0.4, 0.5) is 11.4 Å². The molecular weight excluding hydrogens is 320 g/mol. The molecule has 0 atom stereocenters. The summed E-state index contributed by atoms with van der Waals surface area (Å²) < 4.78 is 24.1. The standard InChI is InChI=1S/C15H14N2O5S/c18-15(16-12-6-8-13(9-7-12)17(19)20)10-11-23(21,22)14-4-2-1-3-5-14/h1-9H,10-11H2,(H,16,18). The van der Waals surface area contributed by atoms with Gasteiger partial charge < -0.3 is 5.32 Å². The van der Waals surface area contributed by atoms with E-state index in [1.54, 1.807) is 18.2 Å². The SMILES string of the molecule is O=C(CCS(=O)(=O)c1ccccc1)Nc1ccc([N+](=O)[O-])cc1. The Kier molecular flexibility index (Phi) is 5.07. The highest BCUT2D eigenvalue weighted by molar-refractivity contribution is 7.91. The number of sulfone groups is 1. The Labute approximate surface area is 133 Å². The average molecular weight is 334 g/mol. The first kappa shape index (κ1) is 16.6. The Bertz CT molecular complexity index is 802. The maximum atomic E-state index is 12.1. The summed E-state index contributed by atoms with van der Waals surface area (Å²) in [6.45, 7) is 0. The van der Waals surface area contributed by atoms with Gasteiger partial charge in [-0.1, -0.05) is 18.2 Å². The van der Waals surface area contributed by atoms with Crippen LogP contribution in [-0.2, 0) is 14.6 Å². The van der Waals surface area contributed by atoms with Crippen LogP contribution >= 0.6 is 0 Å². The zero-order chi connectivity index (χ0) is 16.9. The van der Waals surface area contributed by atoms with Crippen LogP contribution in [0.25, 0.3) is 0 Å². The van der Waals surface area contributed by atoms with Crippen molar-refractivity contribution < 1.29 is 18.1 Å². The van der Waals surface area contributed by atoms with E-state index in [1.807, 2.05) is 0 Å². The maximum absolute atomic E-state index is 12.1. The van der Waals surface area contributed by atoms with Gasteiger partial charge in [-0.25, -0.2) is 8.42 Å². The molecule has 0 saturated carbocycles. The summed E-state index contributed by atoms with van der Waals surface area (Å²) in [6, 6.07) is 13.2. The second kappa shape index (κ2) is 7.01. The van der Waals surface area contributed by atoms with Gasteiger partial charge >= 0.3 is 0 Å². The van der Waals surface area contributed by atoms with Gasteiger partial charge in [0.05, 0.1) is 15.6 Å². The maximum Gasteiger partial charge on any atom is 0.269 e. The number of nitrogens with one attached hydrogen (secondary N) is 1. The van der Waals surface area contributed by atoms with Crippen LogP contribution in [0.15, 0.2) is 59.5 Å². The molecule has 0 spiro atoms. The van der Waals surface area contributed by atoms with Gasteiger partial charge in [0.1, 0.15) is 0 Å². The quantitative estimate of drug-likeness (QED) is 0.645. The Morgan fingerprint density at radius 3 is 2.22 bits per heavy atom. The van der Waals surface area contributed by atoms with Crippen molar-refractivity contribution in [3.8, 4) is 0 Å². The fourth-order valence-electron chi connectivity index (χ4n) is 1.86. The van der Waals surface area contributed by atoms with E-state index in [0.717, 1.165) is 0 Å². The third-order valence-corrected chi connectivity index (χ3v) is 4.79. The first-order valence-electron chi connectivity index (χ1n) is 6.70. The predicted octanol–water partition coefficient (Wildman–Crippen LogP) is 2.40. The van der Waals surface area contributed by atoms with E-state index in [9.17, 15) is 23.3 Å². The van der Waals surface area contributed by atoms with Crippen molar-refractivity contribution >= 4 is 27.1 Å². The fourth-order valence-corrected chi connectivity index (χ4v) is 3.12. The topological polar surface area (TPSA) is 106 Å². The van der Waals surface area contributed by atoms with Crippen molar-refractivity contribution in [2.75, 3.05) is 11.1 Å². The van der Waals surface area contributed by atoms with Crippen LogP contribution in [0, 0.1) is 10.1 Å². The zero-order valence-electron chi connectivity index (χ0n) is 12.0. The van der Waals surface area contributed by atoms with Gasteiger partial charge in [0.2, 0.25) is 5.91 Å². The molecule has 2 rings (SSSR count). The summed E-state index contributed by atoms with van der Waals surface area (Å²) >= 11 is 0. The molecule has 0 unspecified atom stereocenters. The van der Waals surface area contributed by atoms with E-state index in [-0.39, 0.29) is 22.8 Å². The van der Waals surface area contributed by atoms with Crippen molar-refractivity contribution in [1.29, 1.82) is 0 Å². The van der Waals surface area contributed by atoms with Gasteiger partial charge in [0.25, 0.3) is 5.69 Å². The number of nitro groups is 1. The number of benzene rings is 2. The van der Waals surface area contributed by atoms with Gasteiger partial charge in [0, 0.05) is 24.2 Å². The summed E-state index contributed by atoms with van der Waals surface area (Å²) in [5.41, 5.74) is 0.285. The second-order valence-electron chi connectivity index (χ2n) is 4.73. The lowest BCUT2D eigenvalue weighted by atomic mass is 10.3. The molecule has 1 amide bonds. The Morgan fingerprint density at radius 1 is 1.04 bits per heavy atom. The summed E-state index contributed by atoms with van der Waals surface area (Å²) in [6.07, 6.45) is -0.200. The average Bonchev–Trinajstić information content (AvgIpc) is 2.54. The number of non-ortho nitro benzene ring substituents is 1. The van der Waals surface area contributed by atoms with Gasteiger partial charge in [-0.15, -0.1) is 0 Å². The number of hydrogen-bond acceptors (Lipinski definition) is 5. The number of carbonyl (C=O) groups is 1. The molecule has 0 aromatic heterocycles. The third-order valence-electron chi connectivity index (χ3n) is 3.06. The number of amides is 1. The lowest BCUT2D eigenvalue weighted by Gasteiger charge is -2.06. The molecule has 0 aliphatic heterocycles. The molecule has 0 saturated heterocycles. The lowest BCUT2D eigenvalue weighted by Crippen LogP contribution is -2.17. The van der Waals surface area contributed by atoms with Crippen molar-refractivity contribution in [2.45, 2.75) is 11.3 Å². The number of nitro benzene ring substituents is 1. The molecule has 0 radical (unpaired) electrons. The lowest BCUT2D eigenvalue weighted by molar-refractivity contribution is -0.384. The molecule has 120 valence electrons. The monoisotopic (exact) mass is 334 g/mol. The molecule has 1 N–H and O–H groups in total. The predicted molar refractivity (Wildman–Crippen MR) is 84.8 cm³/mol. The van der Waals surface area contributed by atoms with Crippen LogP contribution in [-0.4, -0.2) is 25.0 Å². The van der Waals surface area contributed by atoms with E-state index >= 15 is 0 Å². The summed E-state index contributed by atoms with van der Waals surface area (Å²) in [4.78, 5) is 22.0. The number of rotatable bonds is 6. The largest absolute Gasteiger partial charge is 0.326 e. The number of hydrogen-bond donors (Lipinski definition) is 1. The molecule has 2 aromatic carbocycles. The van der Waals surface area contributed by atoms with E-state index in [2.05, 4.69) is 5.32 Å². The van der Waals surface area contributed by atoms with Crippen LogP contribution in [0.3, 0.4) is 0 Å². The zero-order valence-corrected chi connectivity index (χ0v) is 12.8. The smallest absolute Gasteiger partial charge is 0.269 e. The van der Waals surface area contributed by atoms with Gasteiger partial charge in [0.15, 0.2) is 9.84 Å². The Balaban J connectivity index is 1.94. The van der Waals surface area contributed by atoms with Crippen LogP contribution in [0.2, 0.25) is 0 Å². The molecule has 0 bridgehead atoms. The van der Waals surface area contributed by atoms with E-state index in [4.69, 9.17) is 0 Å². The second-order valence-corrected chi connectivity index (χ2v) is 6.84. The molecule has 0 aliphatic carbocycles. The molecule has 23 heavy (non-hydrogen) atoms. The summed E-state index contributed by atoms with van der Waals surface area (Å²) in [7, 11) is -3.52. The van der Waals surface area contributed by atoms with Crippen LogP contribution in [0.5, 0.6) is 0 Å². The Hall–Kier alpha value is -2.74. The van der Waals surface area contributed by atoms with Crippen LogP contribution < -0.4 is 5.32 Å². The molecule has 8 heteroatoms. The number of nitrogens with zero attached hydrogens (tertiary/aromatic N) is 1. The first-order chi connectivity index (χ1) is 10.9. The van der Waals surface area contributed by atoms with Crippen LogP contribution in [0.1, 0.15) is 6.42 Å². The first-order valence-corrected chi connectivity index (χ1v) is 8.36. The normalized spacial score (nSPS) is 11.0. The number of carbonyl (C=O) groups excluding carboxylic acids is 1. The molecule has 2 aromatic rings. The molecule has 0 aliphatic rings. The van der Waals surface area contributed by atoms with Gasteiger partial charge in [-0.05, 0) is 24.3 Å². The highest BCUT2D eigenvalue weighted by atomic mass is 32.2. The molecule has 7 nitrogen and oxygen atoms in total.